The van der Waals surface area contributed by atoms with E-state index >= 15 is 0 Å². The van der Waals surface area contributed by atoms with E-state index in [0.717, 1.165) is 23.7 Å². The van der Waals surface area contributed by atoms with Gasteiger partial charge in [0.2, 0.25) is 0 Å². The molecule has 0 aromatic rings. The van der Waals surface area contributed by atoms with Crippen LogP contribution in [0.4, 0.5) is 18.0 Å². The van der Waals surface area contributed by atoms with E-state index in [2.05, 4.69) is 12.0 Å². The minimum absolute atomic E-state index is 0.294. The number of carbonyl (C=O) groups excluding carboxylic acids is 1. The van der Waals surface area contributed by atoms with Crippen LogP contribution in [0, 0.1) is 0 Å². The number of hydrogen-bond acceptors (Lipinski definition) is 2. The van der Waals surface area contributed by atoms with Gasteiger partial charge in [0.15, 0.2) is 0 Å². The van der Waals surface area contributed by atoms with Gasteiger partial charge in [-0.05, 0) is 13.8 Å². The molecular formula is C13H20F3N3O. The smallest absolute Gasteiger partial charge is 0.322 e. The van der Waals surface area contributed by atoms with Crippen LogP contribution >= 0.6 is 0 Å². The summed E-state index contributed by atoms with van der Waals surface area (Å²) in [5.41, 5.74) is 2.41. The second-order valence-electron chi connectivity index (χ2n) is 4.29. The summed E-state index contributed by atoms with van der Waals surface area (Å²) in [6.07, 6.45) is -0.431. The Hall–Kier alpha value is -1.76. The number of nitrogens with zero attached hydrogens (tertiary/aromatic N) is 2. The Balaban J connectivity index is 4.95. The molecule has 7 heteroatoms. The minimum atomic E-state index is -4.47. The fourth-order valence-electron chi connectivity index (χ4n) is 1.36. The summed E-state index contributed by atoms with van der Waals surface area (Å²) >= 11 is 0. The fraction of sp³-hybridized carbons (Fsp3) is 0.462. The zero-order valence-electron chi connectivity index (χ0n) is 12.1. The highest BCUT2D eigenvalue weighted by Gasteiger charge is 2.31. The third-order valence-corrected chi connectivity index (χ3v) is 2.43. The van der Waals surface area contributed by atoms with E-state index in [1.165, 1.54) is 19.0 Å². The highest BCUT2D eigenvalue weighted by molar-refractivity contribution is 5.75. The summed E-state index contributed by atoms with van der Waals surface area (Å²) in [5, 5.41) is 0.796. The molecule has 0 aliphatic rings. The van der Waals surface area contributed by atoms with Crippen LogP contribution < -0.4 is 5.43 Å². The molecule has 114 valence electrons. The molecule has 0 aromatic carbocycles. The van der Waals surface area contributed by atoms with Crippen LogP contribution in [0.3, 0.4) is 0 Å². The molecule has 0 heterocycles. The van der Waals surface area contributed by atoms with E-state index in [-0.39, 0.29) is 0 Å². The average molecular weight is 291 g/mol. The molecule has 0 saturated carbocycles. The lowest BCUT2D eigenvalue weighted by molar-refractivity contribution is -0.0924. The SMILES string of the molecule is C=CC=C(C)CN(C)C(=O)N(C=C(C)C(F)(F)F)NC. The van der Waals surface area contributed by atoms with Gasteiger partial charge >= 0.3 is 12.2 Å². The van der Waals surface area contributed by atoms with Crippen molar-refractivity contribution >= 4 is 6.03 Å². The van der Waals surface area contributed by atoms with Gasteiger partial charge in [0, 0.05) is 32.4 Å². The zero-order chi connectivity index (χ0) is 15.9. The van der Waals surface area contributed by atoms with Crippen molar-refractivity contribution in [3.05, 3.63) is 36.1 Å². The Morgan fingerprint density at radius 1 is 1.35 bits per heavy atom. The summed E-state index contributed by atoms with van der Waals surface area (Å²) in [6, 6.07) is -0.590. The number of hydrogen-bond donors (Lipinski definition) is 1. The molecular weight excluding hydrogens is 271 g/mol. The number of likely N-dealkylation sites (N-methyl/N-ethyl adjacent to an activating group) is 1. The van der Waals surface area contributed by atoms with Crippen LogP contribution in [0.2, 0.25) is 0 Å². The molecule has 0 aromatic heterocycles. The van der Waals surface area contributed by atoms with Crippen molar-refractivity contribution in [2.45, 2.75) is 20.0 Å². The third-order valence-electron chi connectivity index (χ3n) is 2.43. The lowest BCUT2D eigenvalue weighted by Gasteiger charge is -2.25. The van der Waals surface area contributed by atoms with Gasteiger partial charge in [-0.15, -0.1) is 0 Å². The number of rotatable bonds is 5. The van der Waals surface area contributed by atoms with Gasteiger partial charge in [-0.2, -0.15) is 13.2 Å². The Kier molecular flexibility index (Phi) is 7.06. The third kappa shape index (κ3) is 5.92. The van der Waals surface area contributed by atoms with Gasteiger partial charge in [-0.25, -0.2) is 15.2 Å². The minimum Gasteiger partial charge on any atom is -0.322 e. The average Bonchev–Trinajstić information content (AvgIpc) is 2.33. The normalized spacial score (nSPS) is 13.2. The van der Waals surface area contributed by atoms with Gasteiger partial charge in [-0.3, -0.25) is 0 Å². The van der Waals surface area contributed by atoms with E-state index < -0.39 is 17.8 Å². The van der Waals surface area contributed by atoms with E-state index in [9.17, 15) is 18.0 Å². The van der Waals surface area contributed by atoms with E-state index in [1.54, 1.807) is 19.1 Å². The van der Waals surface area contributed by atoms with Gasteiger partial charge in [-0.1, -0.05) is 24.3 Å². The largest absolute Gasteiger partial charge is 0.413 e. The van der Waals surface area contributed by atoms with Crippen molar-refractivity contribution in [2.24, 2.45) is 0 Å². The summed E-state index contributed by atoms with van der Waals surface area (Å²) < 4.78 is 37.4. The first kappa shape index (κ1) is 18.2. The lowest BCUT2D eigenvalue weighted by atomic mass is 10.2. The van der Waals surface area contributed by atoms with Crippen molar-refractivity contribution < 1.29 is 18.0 Å². The van der Waals surface area contributed by atoms with E-state index in [4.69, 9.17) is 0 Å². The highest BCUT2D eigenvalue weighted by Crippen LogP contribution is 2.25. The Morgan fingerprint density at radius 2 is 1.90 bits per heavy atom. The van der Waals surface area contributed by atoms with Crippen LogP contribution in [0.15, 0.2) is 36.1 Å². The van der Waals surface area contributed by atoms with Crippen molar-refractivity contribution in [2.75, 3.05) is 20.6 Å². The maximum absolute atomic E-state index is 12.5. The van der Waals surface area contributed by atoms with Gasteiger partial charge in [0.1, 0.15) is 0 Å². The molecule has 0 atom stereocenters. The number of halogens is 3. The molecule has 0 fully saturated rings. The molecule has 0 aliphatic carbocycles. The van der Waals surface area contributed by atoms with Crippen LogP contribution in [0.1, 0.15) is 13.8 Å². The Bertz CT molecular complexity index is 414. The van der Waals surface area contributed by atoms with Crippen molar-refractivity contribution in [3.63, 3.8) is 0 Å². The number of nitrogens with one attached hydrogen (secondary N) is 1. The first-order valence-corrected chi connectivity index (χ1v) is 5.89. The molecule has 0 spiro atoms. The van der Waals surface area contributed by atoms with Crippen molar-refractivity contribution in [1.82, 2.24) is 15.3 Å². The topological polar surface area (TPSA) is 35.6 Å². The molecule has 0 unspecified atom stereocenters. The first-order chi connectivity index (χ1) is 9.13. The Morgan fingerprint density at radius 3 is 2.30 bits per heavy atom. The lowest BCUT2D eigenvalue weighted by Crippen LogP contribution is -2.45. The van der Waals surface area contributed by atoms with Crippen LogP contribution in [-0.2, 0) is 0 Å². The standard InChI is InChI=1S/C13H20F3N3O/c1-6-7-10(2)8-18(5)12(20)19(17-4)9-11(3)13(14,15)16/h6-7,9,17H,1,8H2,2-5H3. The number of allylic oxidation sites excluding steroid dienone is 3. The van der Waals surface area contributed by atoms with E-state index in [0.29, 0.717) is 6.54 Å². The van der Waals surface area contributed by atoms with Crippen LogP contribution in [0.25, 0.3) is 0 Å². The van der Waals surface area contributed by atoms with Gasteiger partial charge in [0.25, 0.3) is 0 Å². The highest BCUT2D eigenvalue weighted by atomic mass is 19.4. The summed E-state index contributed by atoms with van der Waals surface area (Å²) in [5.74, 6) is 0. The van der Waals surface area contributed by atoms with Gasteiger partial charge < -0.3 is 4.90 Å². The maximum atomic E-state index is 12.5. The number of hydrazine groups is 1. The molecule has 0 radical (unpaired) electrons. The second kappa shape index (κ2) is 7.74. The predicted molar refractivity (Wildman–Crippen MR) is 72.7 cm³/mol. The molecule has 0 rings (SSSR count). The first-order valence-electron chi connectivity index (χ1n) is 5.89. The molecule has 0 aliphatic heterocycles. The number of alkyl halides is 3. The van der Waals surface area contributed by atoms with Crippen LogP contribution in [-0.4, -0.2) is 42.8 Å². The maximum Gasteiger partial charge on any atom is 0.413 e. The van der Waals surface area contributed by atoms with Crippen molar-refractivity contribution in [1.29, 1.82) is 0 Å². The molecule has 0 bridgehead atoms. The molecule has 0 saturated heterocycles. The summed E-state index contributed by atoms with van der Waals surface area (Å²) in [4.78, 5) is 13.3. The van der Waals surface area contributed by atoms with Crippen LogP contribution in [0.5, 0.6) is 0 Å². The zero-order valence-corrected chi connectivity index (χ0v) is 12.1. The van der Waals surface area contributed by atoms with E-state index in [1.807, 2.05) is 0 Å². The summed E-state index contributed by atoms with van der Waals surface area (Å²) in [7, 11) is 2.88. The molecule has 20 heavy (non-hydrogen) atoms. The number of amides is 2. The predicted octanol–water partition coefficient (Wildman–Crippen LogP) is 3.07. The monoisotopic (exact) mass is 291 g/mol. The molecule has 2 amide bonds. The number of urea groups is 1. The van der Waals surface area contributed by atoms with Gasteiger partial charge in [0.05, 0.1) is 0 Å². The Labute approximate surface area is 117 Å². The fourth-order valence-corrected chi connectivity index (χ4v) is 1.36. The summed E-state index contributed by atoms with van der Waals surface area (Å²) in [6.45, 7) is 6.53. The van der Waals surface area contributed by atoms with Crippen molar-refractivity contribution in [3.8, 4) is 0 Å². The molecule has 4 nitrogen and oxygen atoms in total. The number of carbonyl (C=O) groups is 1. The molecule has 1 N–H and O–H groups in total. The quantitative estimate of drug-likeness (QED) is 0.624. The second-order valence-corrected chi connectivity index (χ2v) is 4.29.